The Hall–Kier alpha value is -1.80. The zero-order valence-electron chi connectivity index (χ0n) is 22.4. The number of aliphatic hydroxyl groups excluding tert-OH is 1. The first kappa shape index (κ1) is 28.8. The molecular formula is C28H44N2O5S. The van der Waals surface area contributed by atoms with E-state index in [0.717, 1.165) is 25.7 Å². The Morgan fingerprint density at radius 2 is 2.03 bits per heavy atom. The average molecular weight is 521 g/mol. The lowest BCUT2D eigenvalue weighted by atomic mass is 9.66. The minimum atomic E-state index is -0.725. The monoisotopic (exact) mass is 520 g/mol. The highest BCUT2D eigenvalue weighted by atomic mass is 32.2. The van der Waals surface area contributed by atoms with E-state index >= 15 is 0 Å². The number of allylic oxidation sites excluding steroid dienone is 1. The van der Waals surface area contributed by atoms with Crippen LogP contribution in [0.15, 0.2) is 25.3 Å². The number of esters is 1. The second-order valence-electron chi connectivity index (χ2n) is 10.7. The number of hydrogen-bond donors (Lipinski definition) is 1. The van der Waals surface area contributed by atoms with Crippen molar-refractivity contribution in [3.05, 3.63) is 25.3 Å². The molecule has 8 heteroatoms. The molecule has 2 amide bonds. The van der Waals surface area contributed by atoms with E-state index in [1.54, 1.807) is 28.8 Å². The highest BCUT2D eigenvalue weighted by Gasteiger charge is 2.78. The number of likely N-dealkylation sites (tertiary alicyclic amines) is 1. The lowest BCUT2D eigenvalue weighted by Crippen LogP contribution is -2.58. The average Bonchev–Trinajstić information content (AvgIpc) is 3.42. The van der Waals surface area contributed by atoms with E-state index in [1.165, 1.54) is 0 Å². The molecule has 0 aromatic heterocycles. The van der Waals surface area contributed by atoms with Crippen LogP contribution in [0.1, 0.15) is 72.6 Å². The van der Waals surface area contributed by atoms with Gasteiger partial charge in [0.05, 0.1) is 35.8 Å². The van der Waals surface area contributed by atoms with Gasteiger partial charge in [0.15, 0.2) is 0 Å². The third-order valence-corrected chi connectivity index (χ3v) is 10.4. The number of carbonyl (C=O) groups is 3. The van der Waals surface area contributed by atoms with E-state index in [1.807, 2.05) is 25.7 Å². The second kappa shape index (κ2) is 11.7. The van der Waals surface area contributed by atoms with E-state index in [4.69, 9.17) is 4.74 Å². The molecular weight excluding hydrogens is 476 g/mol. The van der Waals surface area contributed by atoms with Crippen LogP contribution >= 0.6 is 11.8 Å². The summed E-state index contributed by atoms with van der Waals surface area (Å²) in [6, 6.07) is -1.21. The predicted octanol–water partition coefficient (Wildman–Crippen LogP) is 3.95. The molecule has 36 heavy (non-hydrogen) atoms. The van der Waals surface area contributed by atoms with Gasteiger partial charge in [-0.15, -0.1) is 24.9 Å². The fourth-order valence-electron chi connectivity index (χ4n) is 6.65. The van der Waals surface area contributed by atoms with Crippen LogP contribution in [0, 0.1) is 11.8 Å². The molecule has 7 nitrogen and oxygen atoms in total. The van der Waals surface area contributed by atoms with Crippen LogP contribution in [0.3, 0.4) is 0 Å². The van der Waals surface area contributed by atoms with Crippen LogP contribution in [-0.2, 0) is 19.1 Å². The molecule has 3 unspecified atom stereocenters. The van der Waals surface area contributed by atoms with Gasteiger partial charge in [-0.3, -0.25) is 14.4 Å². The molecule has 7 atom stereocenters. The molecule has 1 N–H and O–H groups in total. The van der Waals surface area contributed by atoms with Crippen LogP contribution < -0.4 is 0 Å². The minimum Gasteiger partial charge on any atom is -0.465 e. The second-order valence-corrected chi connectivity index (χ2v) is 12.6. The number of rotatable bonds is 14. The van der Waals surface area contributed by atoms with Crippen molar-refractivity contribution >= 4 is 29.5 Å². The van der Waals surface area contributed by atoms with E-state index in [-0.39, 0.29) is 37.0 Å². The highest BCUT2D eigenvalue weighted by molar-refractivity contribution is 8.02. The quantitative estimate of drug-likeness (QED) is 0.212. The molecule has 0 saturated carbocycles. The summed E-state index contributed by atoms with van der Waals surface area (Å²) in [4.78, 5) is 45.4. The molecule has 0 aliphatic carbocycles. The molecule has 1 spiro atoms. The maximum Gasteiger partial charge on any atom is 0.311 e. The molecule has 3 aliphatic rings. The fourth-order valence-corrected chi connectivity index (χ4v) is 8.98. The first-order valence-electron chi connectivity index (χ1n) is 13.5. The number of hydrogen-bond acceptors (Lipinski definition) is 6. The van der Waals surface area contributed by atoms with E-state index in [2.05, 4.69) is 20.1 Å². The number of carbonyl (C=O) groups excluding carboxylic acids is 3. The maximum atomic E-state index is 14.4. The molecule has 0 radical (unpaired) electrons. The van der Waals surface area contributed by atoms with E-state index in [0.29, 0.717) is 25.8 Å². The molecule has 3 saturated heterocycles. The summed E-state index contributed by atoms with van der Waals surface area (Å²) in [5, 5.41) is 10.2. The topological polar surface area (TPSA) is 87.1 Å². The lowest BCUT2D eigenvalue weighted by molar-refractivity contribution is -0.156. The molecule has 0 aromatic rings. The molecule has 2 bridgehead atoms. The fraction of sp³-hybridized carbons (Fsp3) is 0.750. The SMILES string of the molecule is C=CCCCOC(=O)[C@H]1[C@H]2C(=O)N([C@@H](CC)CO)C(C(=O)N(CC=C)C(C)CCC)C23CC[C@]1(C)S3. The lowest BCUT2D eigenvalue weighted by Gasteiger charge is -2.41. The van der Waals surface area contributed by atoms with Gasteiger partial charge in [-0.2, -0.15) is 0 Å². The summed E-state index contributed by atoms with van der Waals surface area (Å²) in [5.74, 6) is -1.88. The summed E-state index contributed by atoms with van der Waals surface area (Å²) in [6.45, 7) is 16.1. The molecule has 3 rings (SSSR count). The van der Waals surface area contributed by atoms with Gasteiger partial charge in [0.2, 0.25) is 11.8 Å². The molecule has 0 aromatic carbocycles. The third kappa shape index (κ3) is 4.75. The maximum absolute atomic E-state index is 14.4. The van der Waals surface area contributed by atoms with Crippen molar-refractivity contribution in [2.24, 2.45) is 11.8 Å². The number of fused-ring (bicyclic) bond motifs is 1. The Kier molecular flexibility index (Phi) is 9.36. The predicted molar refractivity (Wildman–Crippen MR) is 143 cm³/mol. The molecule has 3 fully saturated rings. The Labute approximate surface area is 220 Å². The molecule has 3 aliphatic heterocycles. The van der Waals surface area contributed by atoms with Gasteiger partial charge < -0.3 is 19.6 Å². The van der Waals surface area contributed by atoms with Crippen LogP contribution in [0.4, 0.5) is 0 Å². The van der Waals surface area contributed by atoms with Gasteiger partial charge in [0.1, 0.15) is 6.04 Å². The van der Waals surface area contributed by atoms with Crippen molar-refractivity contribution in [3.63, 3.8) is 0 Å². The van der Waals surface area contributed by atoms with Crippen LogP contribution in [-0.4, -0.2) is 80.1 Å². The summed E-state index contributed by atoms with van der Waals surface area (Å²) in [6.07, 6.45) is 8.70. The number of thioether (sulfide) groups is 1. The van der Waals surface area contributed by atoms with E-state index in [9.17, 15) is 19.5 Å². The standard InChI is InChI=1S/C28H44N2O5S/c1-7-11-12-17-35-26(34)22-21-24(32)30(20(10-4)18-31)23(28(21)15-14-27(22,6)36-28)25(33)29(16-9-3)19(5)13-8-2/h7,9,19-23,31H,1,3,8,10-18H2,2,4-6H3/t19?,20-,21-,22+,23?,27-,28?/m0/s1. The van der Waals surface area contributed by atoms with Gasteiger partial charge in [-0.05, 0) is 52.4 Å². The van der Waals surface area contributed by atoms with Crippen molar-refractivity contribution in [3.8, 4) is 0 Å². The van der Waals surface area contributed by atoms with E-state index < -0.39 is 33.4 Å². The Morgan fingerprint density at radius 3 is 2.61 bits per heavy atom. The summed E-state index contributed by atoms with van der Waals surface area (Å²) < 4.78 is 4.51. The normalized spacial score (nSPS) is 32.2. The zero-order chi connectivity index (χ0) is 26.7. The number of ether oxygens (including phenoxy) is 1. The van der Waals surface area contributed by atoms with Crippen molar-refractivity contribution in [1.82, 2.24) is 9.80 Å². The van der Waals surface area contributed by atoms with Gasteiger partial charge >= 0.3 is 5.97 Å². The molecule has 202 valence electrons. The first-order chi connectivity index (χ1) is 17.2. The summed E-state index contributed by atoms with van der Waals surface area (Å²) in [7, 11) is 0. The highest BCUT2D eigenvalue weighted by Crippen LogP contribution is 2.71. The van der Waals surface area contributed by atoms with Crippen LogP contribution in [0.5, 0.6) is 0 Å². The largest absolute Gasteiger partial charge is 0.465 e. The summed E-state index contributed by atoms with van der Waals surface area (Å²) in [5.41, 5.74) is 0. The van der Waals surface area contributed by atoms with Gasteiger partial charge in [-0.1, -0.05) is 32.4 Å². The smallest absolute Gasteiger partial charge is 0.311 e. The molecule has 3 heterocycles. The van der Waals surface area contributed by atoms with Crippen LogP contribution in [0.25, 0.3) is 0 Å². The number of nitrogens with zero attached hydrogens (tertiary/aromatic N) is 2. The van der Waals surface area contributed by atoms with Gasteiger partial charge in [0.25, 0.3) is 0 Å². The Balaban J connectivity index is 2.04. The van der Waals surface area contributed by atoms with Gasteiger partial charge in [0, 0.05) is 17.3 Å². The number of amides is 2. The first-order valence-corrected chi connectivity index (χ1v) is 14.3. The van der Waals surface area contributed by atoms with Gasteiger partial charge in [-0.25, -0.2) is 0 Å². The Morgan fingerprint density at radius 1 is 1.31 bits per heavy atom. The van der Waals surface area contributed by atoms with Crippen molar-refractivity contribution in [2.75, 3.05) is 19.8 Å². The van der Waals surface area contributed by atoms with Crippen molar-refractivity contribution < 1.29 is 24.2 Å². The third-order valence-electron chi connectivity index (χ3n) is 8.42. The number of aliphatic hydroxyl groups is 1. The number of unbranched alkanes of at least 4 members (excludes halogenated alkanes) is 1. The Bertz CT molecular complexity index is 861. The zero-order valence-corrected chi connectivity index (χ0v) is 23.2. The van der Waals surface area contributed by atoms with Crippen molar-refractivity contribution in [1.29, 1.82) is 0 Å². The summed E-state index contributed by atoms with van der Waals surface area (Å²) >= 11 is 1.64. The van der Waals surface area contributed by atoms with Crippen molar-refractivity contribution in [2.45, 2.75) is 100 Å². The van der Waals surface area contributed by atoms with Crippen LogP contribution in [0.2, 0.25) is 0 Å². The minimum absolute atomic E-state index is 0.00748.